The summed E-state index contributed by atoms with van der Waals surface area (Å²) >= 11 is 0. The van der Waals surface area contributed by atoms with E-state index in [1.54, 1.807) is 13.0 Å². The van der Waals surface area contributed by atoms with Crippen LogP contribution < -0.4 is 9.46 Å². The van der Waals surface area contributed by atoms with Gasteiger partial charge in [-0.1, -0.05) is 6.07 Å². The average Bonchev–Trinajstić information content (AvgIpc) is 2.79. The van der Waals surface area contributed by atoms with Gasteiger partial charge in [-0.2, -0.15) is 4.31 Å². The summed E-state index contributed by atoms with van der Waals surface area (Å²) in [4.78, 5) is 14.1. The monoisotopic (exact) mass is 483 g/mol. The standard InChI is InChI=1S/C20H25N3O7S2/c1-14-4-6-16(24)18(12-14)32(28,29)23-10-8-22(9-11-23)20(25)15-5-7-17(30-3)19(13-15)31(26,27)21-2/h4-7,12-13,21,24H,8-11H2,1-3H3. The number of rotatable bonds is 6. The van der Waals surface area contributed by atoms with Crippen molar-refractivity contribution in [2.45, 2.75) is 16.7 Å². The minimum Gasteiger partial charge on any atom is -0.507 e. The first-order valence-corrected chi connectivity index (χ1v) is 12.6. The Morgan fingerprint density at radius 3 is 2.25 bits per heavy atom. The van der Waals surface area contributed by atoms with Crippen molar-refractivity contribution in [1.29, 1.82) is 0 Å². The lowest BCUT2D eigenvalue weighted by atomic mass is 10.1. The molecule has 0 atom stereocenters. The molecule has 0 saturated carbocycles. The summed E-state index contributed by atoms with van der Waals surface area (Å²) in [6.45, 7) is 2.04. The summed E-state index contributed by atoms with van der Waals surface area (Å²) in [7, 11) is -5.19. The predicted octanol–water partition coefficient (Wildman–Crippen LogP) is 0.764. The number of sulfonamides is 2. The molecule has 10 nitrogen and oxygen atoms in total. The number of nitrogens with one attached hydrogen (secondary N) is 1. The van der Waals surface area contributed by atoms with E-state index in [2.05, 4.69) is 4.72 Å². The Labute approximate surface area is 187 Å². The first kappa shape index (κ1) is 24.0. The van der Waals surface area contributed by atoms with Gasteiger partial charge in [-0.05, 0) is 49.9 Å². The molecule has 0 radical (unpaired) electrons. The van der Waals surface area contributed by atoms with E-state index >= 15 is 0 Å². The minimum atomic E-state index is -3.93. The quantitative estimate of drug-likeness (QED) is 0.620. The Balaban J connectivity index is 1.79. The number of hydrogen-bond acceptors (Lipinski definition) is 7. The van der Waals surface area contributed by atoms with Crippen LogP contribution in [0.25, 0.3) is 0 Å². The van der Waals surface area contributed by atoms with Crippen LogP contribution in [0.15, 0.2) is 46.2 Å². The molecule has 0 aliphatic carbocycles. The van der Waals surface area contributed by atoms with Crippen molar-refractivity contribution in [3.63, 3.8) is 0 Å². The number of benzene rings is 2. The highest BCUT2D eigenvalue weighted by Gasteiger charge is 2.32. The van der Waals surface area contributed by atoms with Crippen LogP contribution in [0.1, 0.15) is 15.9 Å². The van der Waals surface area contributed by atoms with E-state index in [0.717, 1.165) is 0 Å². The Hall–Kier alpha value is -2.67. The fraction of sp³-hybridized carbons (Fsp3) is 0.350. The molecule has 1 aliphatic rings. The van der Waals surface area contributed by atoms with Crippen molar-refractivity contribution in [3.8, 4) is 11.5 Å². The first-order chi connectivity index (χ1) is 15.0. The Morgan fingerprint density at radius 2 is 1.66 bits per heavy atom. The van der Waals surface area contributed by atoms with Gasteiger partial charge in [0.15, 0.2) is 0 Å². The zero-order valence-electron chi connectivity index (χ0n) is 17.9. The zero-order chi connectivity index (χ0) is 23.7. The van der Waals surface area contributed by atoms with Crippen LogP contribution >= 0.6 is 0 Å². The predicted molar refractivity (Wildman–Crippen MR) is 117 cm³/mol. The lowest BCUT2D eigenvalue weighted by Gasteiger charge is -2.34. The highest BCUT2D eigenvalue weighted by atomic mass is 32.2. The summed E-state index contributed by atoms with van der Waals surface area (Å²) in [5, 5.41) is 10.0. The first-order valence-electron chi connectivity index (χ1n) is 9.72. The summed E-state index contributed by atoms with van der Waals surface area (Å²) in [6.07, 6.45) is 0. The number of methoxy groups -OCH3 is 1. The van der Waals surface area contributed by atoms with Crippen molar-refractivity contribution in [2.24, 2.45) is 0 Å². The second-order valence-corrected chi connectivity index (χ2v) is 11.0. The van der Waals surface area contributed by atoms with E-state index in [0.29, 0.717) is 5.56 Å². The van der Waals surface area contributed by atoms with Gasteiger partial charge in [-0.25, -0.2) is 21.6 Å². The molecule has 1 amide bonds. The molecule has 2 aromatic carbocycles. The lowest BCUT2D eigenvalue weighted by molar-refractivity contribution is 0.0697. The van der Waals surface area contributed by atoms with E-state index in [1.807, 2.05) is 0 Å². The maximum absolute atomic E-state index is 13.0. The largest absolute Gasteiger partial charge is 0.507 e. The van der Waals surface area contributed by atoms with E-state index in [9.17, 15) is 26.7 Å². The van der Waals surface area contributed by atoms with Crippen LogP contribution in [0, 0.1) is 6.92 Å². The molecule has 32 heavy (non-hydrogen) atoms. The number of amides is 1. The van der Waals surface area contributed by atoms with Gasteiger partial charge in [0.1, 0.15) is 21.3 Å². The number of aromatic hydroxyl groups is 1. The summed E-state index contributed by atoms with van der Waals surface area (Å²) in [6, 6.07) is 8.46. The molecule has 0 aromatic heterocycles. The number of aryl methyl sites for hydroxylation is 1. The topological polar surface area (TPSA) is 133 Å². The van der Waals surface area contributed by atoms with E-state index in [-0.39, 0.29) is 53.0 Å². The maximum Gasteiger partial charge on any atom is 0.253 e. The molecule has 0 spiro atoms. The molecular formula is C20H25N3O7S2. The molecule has 1 saturated heterocycles. The van der Waals surface area contributed by atoms with Crippen LogP contribution in [-0.2, 0) is 20.0 Å². The van der Waals surface area contributed by atoms with Crippen molar-refractivity contribution in [3.05, 3.63) is 47.5 Å². The third kappa shape index (κ3) is 4.58. The van der Waals surface area contributed by atoms with Gasteiger partial charge in [-0.15, -0.1) is 0 Å². The molecule has 0 bridgehead atoms. The third-order valence-electron chi connectivity index (χ3n) is 5.23. The fourth-order valence-electron chi connectivity index (χ4n) is 3.41. The van der Waals surface area contributed by atoms with Gasteiger partial charge in [0.25, 0.3) is 5.91 Å². The normalized spacial score (nSPS) is 15.5. The molecule has 2 N–H and O–H groups in total. The number of ether oxygens (including phenoxy) is 1. The fourth-order valence-corrected chi connectivity index (χ4v) is 5.92. The van der Waals surface area contributed by atoms with Gasteiger partial charge in [0, 0.05) is 31.7 Å². The van der Waals surface area contributed by atoms with E-state index < -0.39 is 26.0 Å². The smallest absolute Gasteiger partial charge is 0.253 e. The van der Waals surface area contributed by atoms with Gasteiger partial charge in [0.2, 0.25) is 20.0 Å². The summed E-state index contributed by atoms with van der Waals surface area (Å²) < 4.78 is 58.9. The van der Waals surface area contributed by atoms with Gasteiger partial charge in [0.05, 0.1) is 7.11 Å². The van der Waals surface area contributed by atoms with E-state index in [4.69, 9.17) is 4.74 Å². The van der Waals surface area contributed by atoms with Crippen LogP contribution in [0.2, 0.25) is 0 Å². The molecule has 0 unspecified atom stereocenters. The molecule has 12 heteroatoms. The van der Waals surface area contributed by atoms with Gasteiger partial charge >= 0.3 is 0 Å². The Kier molecular flexibility index (Phi) is 6.79. The molecule has 1 fully saturated rings. The molecular weight excluding hydrogens is 458 g/mol. The maximum atomic E-state index is 13.0. The second-order valence-electron chi connectivity index (χ2n) is 7.24. The molecule has 2 aromatic rings. The van der Waals surface area contributed by atoms with Gasteiger partial charge in [-0.3, -0.25) is 4.79 Å². The van der Waals surface area contributed by atoms with Crippen LogP contribution in [0.5, 0.6) is 11.5 Å². The molecule has 174 valence electrons. The minimum absolute atomic E-state index is 0.0410. The SMILES string of the molecule is CNS(=O)(=O)c1cc(C(=O)N2CCN(S(=O)(=O)c3cc(C)ccc3O)CC2)ccc1OC. The number of carbonyl (C=O) groups is 1. The van der Waals surface area contributed by atoms with Gasteiger partial charge < -0.3 is 14.7 Å². The number of carbonyl (C=O) groups excluding carboxylic acids is 1. The summed E-state index contributed by atoms with van der Waals surface area (Å²) in [5.74, 6) is -0.647. The number of hydrogen-bond donors (Lipinski definition) is 2. The summed E-state index contributed by atoms with van der Waals surface area (Å²) in [5.41, 5.74) is 0.842. The molecule has 1 heterocycles. The third-order valence-corrected chi connectivity index (χ3v) is 8.59. The number of phenols is 1. The Morgan fingerprint density at radius 1 is 1.00 bits per heavy atom. The second kappa shape index (κ2) is 9.06. The van der Waals surface area contributed by atoms with Crippen molar-refractivity contribution < 1.29 is 31.5 Å². The number of nitrogens with zero attached hydrogens (tertiary/aromatic N) is 2. The number of phenolic OH excluding ortho intramolecular Hbond substituents is 1. The van der Waals surface area contributed by atoms with E-state index in [1.165, 1.54) is 53.7 Å². The molecule has 1 aliphatic heterocycles. The number of piperazine rings is 1. The van der Waals surface area contributed by atoms with Crippen LogP contribution in [-0.4, -0.2) is 77.4 Å². The van der Waals surface area contributed by atoms with Crippen molar-refractivity contribution >= 4 is 26.0 Å². The molecule has 3 rings (SSSR count). The average molecular weight is 484 g/mol. The zero-order valence-corrected chi connectivity index (χ0v) is 19.5. The van der Waals surface area contributed by atoms with Crippen molar-refractivity contribution in [2.75, 3.05) is 40.3 Å². The van der Waals surface area contributed by atoms with Crippen LogP contribution in [0.3, 0.4) is 0 Å². The van der Waals surface area contributed by atoms with Crippen molar-refractivity contribution in [1.82, 2.24) is 13.9 Å². The highest BCUT2D eigenvalue weighted by Crippen LogP contribution is 2.28. The lowest BCUT2D eigenvalue weighted by Crippen LogP contribution is -2.50. The van der Waals surface area contributed by atoms with Crippen LogP contribution in [0.4, 0.5) is 0 Å². The highest BCUT2D eigenvalue weighted by molar-refractivity contribution is 7.89. The Bertz CT molecular complexity index is 1240.